The first-order chi connectivity index (χ1) is 11.1. The van der Waals surface area contributed by atoms with E-state index in [1.54, 1.807) is 11.6 Å². The lowest BCUT2D eigenvalue weighted by atomic mass is 9.93. The van der Waals surface area contributed by atoms with Gasteiger partial charge in [-0.3, -0.25) is 4.79 Å². The van der Waals surface area contributed by atoms with Crippen molar-refractivity contribution in [2.75, 3.05) is 5.32 Å². The van der Waals surface area contributed by atoms with Crippen LogP contribution in [0, 0.1) is 19.8 Å². The summed E-state index contributed by atoms with van der Waals surface area (Å²) in [7, 11) is 0. The average molecular weight is 316 g/mol. The Bertz CT molecular complexity index is 717. The molecule has 1 aliphatic carbocycles. The van der Waals surface area contributed by atoms with Gasteiger partial charge in [-0.05, 0) is 32.1 Å². The Morgan fingerprint density at radius 2 is 2.35 bits per heavy atom. The van der Waals surface area contributed by atoms with E-state index < -0.39 is 0 Å². The van der Waals surface area contributed by atoms with Crippen molar-refractivity contribution in [3.8, 4) is 0 Å². The number of carbonyl (C=O) groups is 1. The summed E-state index contributed by atoms with van der Waals surface area (Å²) in [6.45, 7) is 3.94. The molecule has 0 radical (unpaired) electrons. The molecule has 2 heterocycles. The van der Waals surface area contributed by atoms with Crippen molar-refractivity contribution < 1.29 is 9.32 Å². The fourth-order valence-electron chi connectivity index (χ4n) is 2.64. The first-order valence-corrected chi connectivity index (χ1v) is 7.77. The van der Waals surface area contributed by atoms with Crippen LogP contribution in [0.3, 0.4) is 0 Å². The fraction of sp³-hybridized carbons (Fsp3) is 0.533. The van der Waals surface area contributed by atoms with Gasteiger partial charge in [-0.2, -0.15) is 4.98 Å². The van der Waals surface area contributed by atoms with Crippen LogP contribution in [-0.2, 0) is 11.3 Å². The molecule has 3 rings (SSSR count). The lowest BCUT2D eigenvalue weighted by Crippen LogP contribution is -2.17. The van der Waals surface area contributed by atoms with Gasteiger partial charge in [0.15, 0.2) is 11.6 Å². The maximum atomic E-state index is 12.1. The van der Waals surface area contributed by atoms with E-state index in [0.717, 1.165) is 25.0 Å². The molecule has 0 fully saturated rings. The molecule has 0 aliphatic heterocycles. The zero-order chi connectivity index (χ0) is 16.2. The molecule has 8 nitrogen and oxygen atoms in total. The molecule has 1 unspecified atom stereocenters. The van der Waals surface area contributed by atoms with E-state index in [2.05, 4.69) is 37.9 Å². The van der Waals surface area contributed by atoms with Crippen LogP contribution < -0.4 is 5.32 Å². The molecule has 2 aromatic heterocycles. The third-order valence-electron chi connectivity index (χ3n) is 3.90. The SMILES string of the molecule is Cc1nc(Cn2nnc(NC(=O)CC3C=CCCC3)c2C)no1. The van der Waals surface area contributed by atoms with Gasteiger partial charge < -0.3 is 9.84 Å². The largest absolute Gasteiger partial charge is 0.340 e. The summed E-state index contributed by atoms with van der Waals surface area (Å²) in [5.74, 6) is 1.80. The van der Waals surface area contributed by atoms with E-state index in [9.17, 15) is 4.79 Å². The summed E-state index contributed by atoms with van der Waals surface area (Å²) in [6, 6.07) is 0. The number of allylic oxidation sites excluding steroid dienone is 2. The quantitative estimate of drug-likeness (QED) is 0.847. The molecule has 0 saturated heterocycles. The molecular formula is C15H20N6O2. The Morgan fingerprint density at radius 3 is 3.04 bits per heavy atom. The normalized spacial score (nSPS) is 17.4. The van der Waals surface area contributed by atoms with Gasteiger partial charge in [0.2, 0.25) is 11.8 Å². The van der Waals surface area contributed by atoms with Crippen molar-refractivity contribution in [1.29, 1.82) is 0 Å². The Morgan fingerprint density at radius 1 is 1.48 bits per heavy atom. The first kappa shape index (κ1) is 15.4. The summed E-state index contributed by atoms with van der Waals surface area (Å²) in [6.07, 6.45) is 8.08. The molecule has 0 aromatic carbocycles. The van der Waals surface area contributed by atoms with Gasteiger partial charge in [0, 0.05) is 13.3 Å². The summed E-state index contributed by atoms with van der Waals surface area (Å²) < 4.78 is 6.57. The van der Waals surface area contributed by atoms with Gasteiger partial charge in [0.1, 0.15) is 6.54 Å². The monoisotopic (exact) mass is 316 g/mol. The molecule has 2 aromatic rings. The third-order valence-corrected chi connectivity index (χ3v) is 3.90. The summed E-state index contributed by atoms with van der Waals surface area (Å²) in [4.78, 5) is 16.3. The highest BCUT2D eigenvalue weighted by Crippen LogP contribution is 2.21. The van der Waals surface area contributed by atoms with Gasteiger partial charge in [0.25, 0.3) is 0 Å². The van der Waals surface area contributed by atoms with Crippen LogP contribution in [-0.4, -0.2) is 31.0 Å². The zero-order valence-corrected chi connectivity index (χ0v) is 13.3. The molecule has 1 atom stereocenters. The fourth-order valence-corrected chi connectivity index (χ4v) is 2.64. The van der Waals surface area contributed by atoms with Crippen molar-refractivity contribution in [3.63, 3.8) is 0 Å². The number of nitrogens with zero attached hydrogens (tertiary/aromatic N) is 5. The Balaban J connectivity index is 1.61. The number of hydrogen-bond acceptors (Lipinski definition) is 6. The second-order valence-electron chi connectivity index (χ2n) is 5.78. The number of aryl methyl sites for hydroxylation is 1. The Kier molecular flexibility index (Phi) is 4.50. The standard InChI is InChI=1S/C15H20N6O2/c1-10-15(17-14(22)8-12-6-4-3-5-7-12)18-20-21(10)9-13-16-11(2)23-19-13/h4,6,12H,3,5,7-9H2,1-2H3,(H,17,22). The predicted octanol–water partition coefficient (Wildman–Crippen LogP) is 2.01. The number of aromatic nitrogens is 5. The molecule has 0 bridgehead atoms. The Labute approximate surface area is 133 Å². The maximum absolute atomic E-state index is 12.1. The van der Waals surface area contributed by atoms with Crippen molar-refractivity contribution in [1.82, 2.24) is 25.1 Å². The van der Waals surface area contributed by atoms with Crippen molar-refractivity contribution in [2.45, 2.75) is 46.1 Å². The lowest BCUT2D eigenvalue weighted by molar-refractivity contribution is -0.116. The second-order valence-corrected chi connectivity index (χ2v) is 5.78. The average Bonchev–Trinajstić information content (AvgIpc) is 3.09. The van der Waals surface area contributed by atoms with Gasteiger partial charge in [0.05, 0.1) is 5.69 Å². The van der Waals surface area contributed by atoms with E-state index >= 15 is 0 Å². The van der Waals surface area contributed by atoms with Crippen LogP contribution >= 0.6 is 0 Å². The minimum absolute atomic E-state index is 0.0351. The first-order valence-electron chi connectivity index (χ1n) is 7.77. The molecule has 122 valence electrons. The van der Waals surface area contributed by atoms with Crippen molar-refractivity contribution in [3.05, 3.63) is 29.6 Å². The van der Waals surface area contributed by atoms with Gasteiger partial charge in [-0.1, -0.05) is 22.5 Å². The molecule has 8 heteroatoms. The van der Waals surface area contributed by atoms with E-state index in [-0.39, 0.29) is 5.91 Å². The topological polar surface area (TPSA) is 98.7 Å². The number of carbonyl (C=O) groups excluding carboxylic acids is 1. The van der Waals surface area contributed by atoms with Crippen LogP contribution in [0.1, 0.15) is 43.1 Å². The second kappa shape index (κ2) is 6.72. The molecule has 0 spiro atoms. The number of hydrogen-bond donors (Lipinski definition) is 1. The van der Waals surface area contributed by atoms with E-state index in [1.165, 1.54) is 0 Å². The van der Waals surface area contributed by atoms with Gasteiger partial charge in [-0.15, -0.1) is 5.10 Å². The molecule has 1 aliphatic rings. The smallest absolute Gasteiger partial charge is 0.226 e. The van der Waals surface area contributed by atoms with Crippen LogP contribution in [0.4, 0.5) is 5.82 Å². The predicted molar refractivity (Wildman–Crippen MR) is 82.6 cm³/mol. The summed E-state index contributed by atoms with van der Waals surface area (Å²) in [5, 5.41) is 14.7. The van der Waals surface area contributed by atoms with Gasteiger partial charge >= 0.3 is 0 Å². The molecule has 0 saturated carbocycles. The highest BCUT2D eigenvalue weighted by Gasteiger charge is 2.17. The minimum Gasteiger partial charge on any atom is -0.340 e. The van der Waals surface area contributed by atoms with Crippen LogP contribution in [0.2, 0.25) is 0 Å². The van der Waals surface area contributed by atoms with E-state index in [0.29, 0.717) is 36.4 Å². The number of rotatable bonds is 5. The highest BCUT2D eigenvalue weighted by atomic mass is 16.5. The van der Waals surface area contributed by atoms with Crippen LogP contribution in [0.25, 0.3) is 0 Å². The van der Waals surface area contributed by atoms with E-state index in [1.807, 2.05) is 6.92 Å². The molecule has 23 heavy (non-hydrogen) atoms. The van der Waals surface area contributed by atoms with Crippen LogP contribution in [0.15, 0.2) is 16.7 Å². The lowest BCUT2D eigenvalue weighted by Gasteiger charge is -2.15. The van der Waals surface area contributed by atoms with Crippen molar-refractivity contribution in [2.24, 2.45) is 5.92 Å². The summed E-state index contributed by atoms with van der Waals surface area (Å²) >= 11 is 0. The number of nitrogens with one attached hydrogen (secondary N) is 1. The van der Waals surface area contributed by atoms with Gasteiger partial charge in [-0.25, -0.2) is 4.68 Å². The van der Waals surface area contributed by atoms with E-state index in [4.69, 9.17) is 4.52 Å². The summed E-state index contributed by atoms with van der Waals surface area (Å²) in [5.41, 5.74) is 0.764. The molecule has 1 N–H and O–H groups in total. The van der Waals surface area contributed by atoms with Crippen LogP contribution in [0.5, 0.6) is 0 Å². The maximum Gasteiger partial charge on any atom is 0.226 e. The van der Waals surface area contributed by atoms with Crippen molar-refractivity contribution >= 4 is 11.7 Å². The minimum atomic E-state index is -0.0351. The molecule has 1 amide bonds. The number of anilines is 1. The molecular weight excluding hydrogens is 296 g/mol. The number of amides is 1. The Hall–Kier alpha value is -2.51. The highest BCUT2D eigenvalue weighted by molar-refractivity contribution is 5.90. The zero-order valence-electron chi connectivity index (χ0n) is 13.3. The third kappa shape index (κ3) is 3.82.